The molecular formula is C18H17Cl2N5OS. The van der Waals surface area contributed by atoms with Crippen LogP contribution in [0.25, 0.3) is 11.4 Å². The number of pyridine rings is 1. The summed E-state index contributed by atoms with van der Waals surface area (Å²) in [6.07, 6.45) is 4.37. The number of carbonyl (C=O) groups excluding carboxylic acids is 1. The molecule has 2 heterocycles. The van der Waals surface area contributed by atoms with Gasteiger partial charge >= 0.3 is 0 Å². The predicted octanol–water partition coefficient (Wildman–Crippen LogP) is 4.79. The van der Waals surface area contributed by atoms with Crippen LogP contribution in [0.3, 0.4) is 0 Å². The third-order valence-electron chi connectivity index (χ3n) is 3.58. The Hall–Kier alpha value is -2.09. The van der Waals surface area contributed by atoms with Gasteiger partial charge in [-0.25, -0.2) is 0 Å². The van der Waals surface area contributed by atoms with Gasteiger partial charge in [0.15, 0.2) is 11.0 Å². The third kappa shape index (κ3) is 5.22. The normalized spacial score (nSPS) is 10.8. The summed E-state index contributed by atoms with van der Waals surface area (Å²) in [4.78, 5) is 16.3. The Morgan fingerprint density at radius 3 is 2.52 bits per heavy atom. The molecule has 0 saturated carbocycles. The van der Waals surface area contributed by atoms with E-state index in [0.717, 1.165) is 24.4 Å². The lowest BCUT2D eigenvalue weighted by Crippen LogP contribution is -2.14. The van der Waals surface area contributed by atoms with Gasteiger partial charge in [0.1, 0.15) is 0 Å². The Labute approximate surface area is 171 Å². The fourth-order valence-electron chi connectivity index (χ4n) is 2.49. The van der Waals surface area contributed by atoms with Gasteiger partial charge < -0.3 is 9.88 Å². The fraction of sp³-hybridized carbons (Fsp3) is 0.222. The molecular weight excluding hydrogens is 405 g/mol. The highest BCUT2D eigenvalue weighted by Crippen LogP contribution is 2.25. The van der Waals surface area contributed by atoms with Crippen molar-refractivity contribution in [2.24, 2.45) is 0 Å². The molecule has 0 aliphatic carbocycles. The molecule has 0 atom stereocenters. The average Bonchev–Trinajstić information content (AvgIpc) is 3.03. The molecule has 27 heavy (non-hydrogen) atoms. The number of halogens is 2. The number of nitrogens with one attached hydrogen (secondary N) is 1. The van der Waals surface area contributed by atoms with Crippen LogP contribution in [0.5, 0.6) is 0 Å². The van der Waals surface area contributed by atoms with E-state index in [0.29, 0.717) is 20.9 Å². The molecule has 2 aromatic heterocycles. The van der Waals surface area contributed by atoms with Crippen molar-refractivity contribution in [1.29, 1.82) is 0 Å². The van der Waals surface area contributed by atoms with Crippen LogP contribution in [0.15, 0.2) is 47.9 Å². The Kier molecular flexibility index (Phi) is 6.71. The minimum absolute atomic E-state index is 0.171. The lowest BCUT2D eigenvalue weighted by Gasteiger charge is -2.09. The zero-order valence-electron chi connectivity index (χ0n) is 14.5. The summed E-state index contributed by atoms with van der Waals surface area (Å²) in [5.41, 5.74) is 1.50. The van der Waals surface area contributed by atoms with Crippen LogP contribution in [-0.2, 0) is 11.3 Å². The summed E-state index contributed by atoms with van der Waals surface area (Å²) in [6.45, 7) is 2.85. The van der Waals surface area contributed by atoms with Gasteiger partial charge in [0.05, 0.1) is 5.75 Å². The van der Waals surface area contributed by atoms with Crippen LogP contribution < -0.4 is 5.32 Å². The zero-order valence-corrected chi connectivity index (χ0v) is 16.9. The number of nitrogens with zero attached hydrogens (tertiary/aromatic N) is 4. The van der Waals surface area contributed by atoms with Crippen molar-refractivity contribution in [1.82, 2.24) is 19.7 Å². The molecule has 0 radical (unpaired) electrons. The topological polar surface area (TPSA) is 72.7 Å². The van der Waals surface area contributed by atoms with Gasteiger partial charge in [-0.15, -0.1) is 10.2 Å². The number of aromatic nitrogens is 4. The molecule has 0 unspecified atom stereocenters. The second kappa shape index (κ2) is 9.21. The summed E-state index contributed by atoms with van der Waals surface area (Å²) in [5.74, 6) is 0.793. The van der Waals surface area contributed by atoms with Crippen molar-refractivity contribution in [3.8, 4) is 11.4 Å². The highest BCUT2D eigenvalue weighted by atomic mass is 35.5. The standard InChI is InChI=1S/C18H17Cl2N5OS/c1-2-7-25-17(12-3-5-21-6-4-12)23-24-18(25)27-11-16(26)22-15-9-13(19)8-14(20)10-15/h3-6,8-10H,2,7,11H2,1H3,(H,22,26). The zero-order chi connectivity index (χ0) is 19.2. The minimum Gasteiger partial charge on any atom is -0.325 e. The Morgan fingerprint density at radius 2 is 1.85 bits per heavy atom. The van der Waals surface area contributed by atoms with E-state index in [4.69, 9.17) is 23.2 Å². The molecule has 1 amide bonds. The Bertz CT molecular complexity index is 913. The van der Waals surface area contributed by atoms with Crippen molar-refractivity contribution in [2.45, 2.75) is 25.0 Å². The van der Waals surface area contributed by atoms with Crippen LogP contribution in [0.1, 0.15) is 13.3 Å². The van der Waals surface area contributed by atoms with Gasteiger partial charge in [-0.05, 0) is 36.8 Å². The molecule has 1 aromatic carbocycles. The van der Waals surface area contributed by atoms with E-state index >= 15 is 0 Å². The maximum atomic E-state index is 12.3. The highest BCUT2D eigenvalue weighted by Gasteiger charge is 2.15. The lowest BCUT2D eigenvalue weighted by atomic mass is 10.2. The van der Waals surface area contributed by atoms with E-state index in [1.807, 2.05) is 16.7 Å². The summed E-state index contributed by atoms with van der Waals surface area (Å²) in [6, 6.07) is 8.69. The first-order chi connectivity index (χ1) is 13.1. The quantitative estimate of drug-likeness (QED) is 0.555. The molecule has 9 heteroatoms. The molecule has 6 nitrogen and oxygen atoms in total. The summed E-state index contributed by atoms with van der Waals surface area (Å²) < 4.78 is 2.02. The van der Waals surface area contributed by atoms with Gasteiger partial charge in [-0.2, -0.15) is 0 Å². The van der Waals surface area contributed by atoms with Crippen molar-refractivity contribution < 1.29 is 4.79 Å². The van der Waals surface area contributed by atoms with E-state index in [2.05, 4.69) is 27.4 Å². The fourth-order valence-corrected chi connectivity index (χ4v) is 3.78. The molecule has 0 saturated heterocycles. The number of thioether (sulfide) groups is 1. The van der Waals surface area contributed by atoms with Crippen molar-refractivity contribution >= 4 is 46.6 Å². The molecule has 0 aliphatic rings. The Balaban J connectivity index is 1.70. The van der Waals surface area contributed by atoms with E-state index < -0.39 is 0 Å². The molecule has 0 aliphatic heterocycles. The van der Waals surface area contributed by atoms with E-state index in [9.17, 15) is 4.79 Å². The van der Waals surface area contributed by atoms with Crippen molar-refractivity contribution in [2.75, 3.05) is 11.1 Å². The molecule has 0 bridgehead atoms. The number of amides is 1. The monoisotopic (exact) mass is 421 g/mol. The third-order valence-corrected chi connectivity index (χ3v) is 4.98. The minimum atomic E-state index is -0.171. The van der Waals surface area contributed by atoms with Gasteiger partial charge in [0.2, 0.25) is 5.91 Å². The van der Waals surface area contributed by atoms with Gasteiger partial charge in [0.25, 0.3) is 0 Å². The first kappa shape index (κ1) is 19.7. The van der Waals surface area contributed by atoms with Crippen LogP contribution >= 0.6 is 35.0 Å². The number of hydrogen-bond acceptors (Lipinski definition) is 5. The maximum absolute atomic E-state index is 12.3. The summed E-state index contributed by atoms with van der Waals surface area (Å²) in [5, 5.41) is 13.0. The smallest absolute Gasteiger partial charge is 0.234 e. The SMILES string of the molecule is CCCn1c(SCC(=O)Nc2cc(Cl)cc(Cl)c2)nnc1-c1ccncc1. The molecule has 140 valence electrons. The largest absolute Gasteiger partial charge is 0.325 e. The highest BCUT2D eigenvalue weighted by molar-refractivity contribution is 7.99. The number of hydrogen-bond donors (Lipinski definition) is 1. The second-order valence-electron chi connectivity index (χ2n) is 5.69. The van der Waals surface area contributed by atoms with Gasteiger partial charge in [-0.3, -0.25) is 9.78 Å². The van der Waals surface area contributed by atoms with Crippen molar-refractivity contribution in [3.63, 3.8) is 0 Å². The van der Waals surface area contributed by atoms with E-state index in [1.54, 1.807) is 30.6 Å². The Morgan fingerprint density at radius 1 is 1.15 bits per heavy atom. The van der Waals surface area contributed by atoms with E-state index in [-0.39, 0.29) is 11.7 Å². The molecule has 0 fully saturated rings. The molecule has 1 N–H and O–H groups in total. The van der Waals surface area contributed by atoms with E-state index in [1.165, 1.54) is 11.8 Å². The van der Waals surface area contributed by atoms with Gasteiger partial charge in [0, 0.05) is 40.2 Å². The maximum Gasteiger partial charge on any atom is 0.234 e. The first-order valence-electron chi connectivity index (χ1n) is 8.29. The molecule has 0 spiro atoms. The first-order valence-corrected chi connectivity index (χ1v) is 10.0. The predicted molar refractivity (Wildman–Crippen MR) is 109 cm³/mol. The van der Waals surface area contributed by atoms with Crippen LogP contribution in [-0.4, -0.2) is 31.4 Å². The molecule has 3 rings (SSSR count). The van der Waals surface area contributed by atoms with Crippen LogP contribution in [0, 0.1) is 0 Å². The second-order valence-corrected chi connectivity index (χ2v) is 7.50. The lowest BCUT2D eigenvalue weighted by molar-refractivity contribution is -0.113. The number of rotatable bonds is 7. The number of carbonyl (C=O) groups is 1. The summed E-state index contributed by atoms with van der Waals surface area (Å²) >= 11 is 13.2. The number of anilines is 1. The van der Waals surface area contributed by atoms with Gasteiger partial charge in [-0.1, -0.05) is 41.9 Å². The average molecular weight is 422 g/mol. The van der Waals surface area contributed by atoms with Crippen molar-refractivity contribution in [3.05, 3.63) is 52.8 Å². The molecule has 3 aromatic rings. The van der Waals surface area contributed by atoms with Crippen LogP contribution in [0.4, 0.5) is 5.69 Å². The van der Waals surface area contributed by atoms with Crippen LogP contribution in [0.2, 0.25) is 10.0 Å². The summed E-state index contributed by atoms with van der Waals surface area (Å²) in [7, 11) is 0. The number of benzene rings is 1.